The first-order valence-electron chi connectivity index (χ1n) is 11.4. The highest BCUT2D eigenvalue weighted by atomic mass is 16.3. The van der Waals surface area contributed by atoms with Crippen LogP contribution in [-0.2, 0) is 30.7 Å². The summed E-state index contributed by atoms with van der Waals surface area (Å²) in [6.07, 6.45) is 5.70. The first-order chi connectivity index (χ1) is 16.7. The first-order valence-corrected chi connectivity index (χ1v) is 11.4. The number of hydrogen-bond donors (Lipinski definition) is 2. The van der Waals surface area contributed by atoms with E-state index in [1.165, 1.54) is 0 Å². The molecular formula is C29H25N3O2. The molecular weight excluding hydrogens is 422 g/mol. The Labute approximate surface area is 198 Å². The van der Waals surface area contributed by atoms with Gasteiger partial charge in [-0.1, -0.05) is 84.9 Å². The summed E-state index contributed by atoms with van der Waals surface area (Å²) in [5.74, 6) is 0.348. The fraction of sp³-hybridized carbons (Fsp3) is 0.138. The van der Waals surface area contributed by atoms with Crippen molar-refractivity contribution in [3.05, 3.63) is 113 Å². The van der Waals surface area contributed by atoms with E-state index >= 15 is 0 Å². The molecule has 0 atom stereocenters. The highest BCUT2D eigenvalue weighted by Gasteiger charge is 2.22. The van der Waals surface area contributed by atoms with Crippen molar-refractivity contribution in [2.45, 2.75) is 25.9 Å². The lowest BCUT2D eigenvalue weighted by atomic mass is 9.90. The highest BCUT2D eigenvalue weighted by Crippen LogP contribution is 2.34. The summed E-state index contributed by atoms with van der Waals surface area (Å²) < 4.78 is 0. The number of hydrogen-bond acceptors (Lipinski definition) is 4. The van der Waals surface area contributed by atoms with Gasteiger partial charge >= 0.3 is 0 Å². The number of benzene rings is 3. The zero-order chi connectivity index (χ0) is 23.3. The normalized spacial score (nSPS) is 12.3. The Morgan fingerprint density at radius 3 is 2.41 bits per heavy atom. The average Bonchev–Trinajstić information content (AvgIpc) is 2.88. The van der Waals surface area contributed by atoms with E-state index in [4.69, 9.17) is 9.97 Å². The Kier molecular flexibility index (Phi) is 6.27. The van der Waals surface area contributed by atoms with Crippen molar-refractivity contribution >= 4 is 23.9 Å². The van der Waals surface area contributed by atoms with E-state index in [0.29, 0.717) is 11.5 Å². The molecule has 5 nitrogen and oxygen atoms in total. The zero-order valence-electron chi connectivity index (χ0n) is 18.7. The van der Waals surface area contributed by atoms with Gasteiger partial charge in [0.25, 0.3) is 0 Å². The number of aliphatic hydroxyl groups is 1. The van der Waals surface area contributed by atoms with Gasteiger partial charge in [-0.3, -0.25) is 4.79 Å². The maximum absolute atomic E-state index is 12.8. The second kappa shape index (κ2) is 9.81. The van der Waals surface area contributed by atoms with E-state index in [9.17, 15) is 9.90 Å². The van der Waals surface area contributed by atoms with E-state index in [-0.39, 0.29) is 18.9 Å². The van der Waals surface area contributed by atoms with Crippen LogP contribution < -0.4 is 5.32 Å². The van der Waals surface area contributed by atoms with E-state index in [1.54, 1.807) is 0 Å². The Morgan fingerprint density at radius 1 is 0.882 bits per heavy atom. The summed E-state index contributed by atoms with van der Waals surface area (Å²) >= 11 is 0. The lowest BCUT2D eigenvalue weighted by molar-refractivity contribution is -0.115. The molecule has 0 saturated heterocycles. The summed E-state index contributed by atoms with van der Waals surface area (Å²) in [5.41, 5.74) is 7.38. The third-order valence-corrected chi connectivity index (χ3v) is 5.93. The summed E-state index contributed by atoms with van der Waals surface area (Å²) in [5, 5.41) is 12.5. The molecule has 1 aromatic heterocycles. The van der Waals surface area contributed by atoms with Crippen LogP contribution in [0.2, 0.25) is 0 Å². The Morgan fingerprint density at radius 2 is 1.65 bits per heavy atom. The number of rotatable bonds is 6. The van der Waals surface area contributed by atoms with E-state index in [0.717, 1.165) is 52.0 Å². The van der Waals surface area contributed by atoms with Gasteiger partial charge in [-0.2, -0.15) is 0 Å². The van der Waals surface area contributed by atoms with Gasteiger partial charge in [0, 0.05) is 5.56 Å². The van der Waals surface area contributed by atoms with Crippen molar-refractivity contribution < 1.29 is 9.90 Å². The predicted octanol–water partition coefficient (Wildman–Crippen LogP) is 5.09. The molecule has 0 saturated carbocycles. The Hall–Kier alpha value is -4.09. The number of carbonyl (C=O) groups is 1. The van der Waals surface area contributed by atoms with Crippen molar-refractivity contribution in [3.8, 4) is 11.3 Å². The largest absolute Gasteiger partial charge is 0.392 e. The molecule has 4 aromatic rings. The Balaban J connectivity index is 1.52. The van der Waals surface area contributed by atoms with E-state index in [1.807, 2.05) is 91.0 Å². The third-order valence-electron chi connectivity index (χ3n) is 5.93. The lowest BCUT2D eigenvalue weighted by Gasteiger charge is -2.21. The maximum atomic E-state index is 12.8. The number of amides is 1. The number of nitrogens with zero attached hydrogens (tertiary/aromatic N) is 2. The summed E-state index contributed by atoms with van der Waals surface area (Å²) in [4.78, 5) is 22.6. The van der Waals surface area contributed by atoms with Gasteiger partial charge in [0.2, 0.25) is 5.91 Å². The van der Waals surface area contributed by atoms with Crippen molar-refractivity contribution in [1.29, 1.82) is 0 Å². The van der Waals surface area contributed by atoms with Crippen LogP contribution in [0.1, 0.15) is 33.6 Å². The number of fused-ring (bicyclic) bond motifs is 3. The van der Waals surface area contributed by atoms with Gasteiger partial charge in [-0.15, -0.1) is 0 Å². The molecule has 0 fully saturated rings. The SMILES string of the molecule is O=C(Cc1ccccc1)Nc1nc2c(nc1/C=C/c1ccccc1)-c1ccc(CO)cc1CC2. The maximum Gasteiger partial charge on any atom is 0.230 e. The van der Waals surface area contributed by atoms with Crippen LogP contribution in [0, 0.1) is 0 Å². The minimum Gasteiger partial charge on any atom is -0.392 e. The van der Waals surface area contributed by atoms with Gasteiger partial charge in [0.1, 0.15) is 5.69 Å². The summed E-state index contributed by atoms with van der Waals surface area (Å²) in [6.45, 7) is 0.0171. The van der Waals surface area contributed by atoms with Crippen LogP contribution in [-0.4, -0.2) is 21.0 Å². The smallest absolute Gasteiger partial charge is 0.230 e. The van der Waals surface area contributed by atoms with E-state index in [2.05, 4.69) is 5.32 Å². The summed E-state index contributed by atoms with van der Waals surface area (Å²) in [7, 11) is 0. The van der Waals surface area contributed by atoms with Gasteiger partial charge in [-0.05, 0) is 41.2 Å². The highest BCUT2D eigenvalue weighted by molar-refractivity contribution is 5.93. The Bertz CT molecular complexity index is 1350. The van der Waals surface area contributed by atoms with Crippen LogP contribution in [0.4, 0.5) is 5.82 Å². The van der Waals surface area contributed by atoms with Gasteiger partial charge in [0.15, 0.2) is 5.82 Å². The standard InChI is InChI=1S/C29H25N3O2/c33-19-22-11-14-24-23(17-22)13-16-25-28(24)30-26(15-12-20-7-3-1-4-8-20)29(31-25)32-27(34)18-21-9-5-2-6-10-21/h1-12,14-15,17,33H,13,16,18-19H2,(H,31,32,34)/b15-12+. The van der Waals surface area contributed by atoms with Crippen LogP contribution in [0.15, 0.2) is 78.9 Å². The van der Waals surface area contributed by atoms with Gasteiger partial charge in [0.05, 0.1) is 24.4 Å². The fourth-order valence-corrected chi connectivity index (χ4v) is 4.21. The zero-order valence-corrected chi connectivity index (χ0v) is 18.7. The topological polar surface area (TPSA) is 75.1 Å². The molecule has 2 N–H and O–H groups in total. The molecule has 0 unspecified atom stereocenters. The van der Waals surface area contributed by atoms with Crippen molar-refractivity contribution in [2.24, 2.45) is 0 Å². The number of carbonyl (C=O) groups excluding carboxylic acids is 1. The lowest BCUT2D eigenvalue weighted by Crippen LogP contribution is -2.19. The minimum absolute atomic E-state index is 0.0171. The minimum atomic E-state index is -0.126. The number of aliphatic hydroxyl groups excluding tert-OH is 1. The van der Waals surface area contributed by atoms with Gasteiger partial charge < -0.3 is 10.4 Å². The number of aromatic nitrogens is 2. The molecule has 0 radical (unpaired) electrons. The molecule has 0 spiro atoms. The fourth-order valence-electron chi connectivity index (χ4n) is 4.21. The average molecular weight is 448 g/mol. The van der Waals surface area contributed by atoms with Crippen LogP contribution in [0.25, 0.3) is 23.4 Å². The number of anilines is 1. The quantitative estimate of drug-likeness (QED) is 0.432. The molecule has 5 heteroatoms. The van der Waals surface area contributed by atoms with Gasteiger partial charge in [-0.25, -0.2) is 9.97 Å². The van der Waals surface area contributed by atoms with Crippen molar-refractivity contribution in [2.75, 3.05) is 5.32 Å². The molecule has 0 aliphatic heterocycles. The van der Waals surface area contributed by atoms with E-state index < -0.39 is 0 Å². The van der Waals surface area contributed by atoms with Crippen molar-refractivity contribution in [3.63, 3.8) is 0 Å². The molecule has 168 valence electrons. The summed E-state index contributed by atoms with van der Waals surface area (Å²) in [6, 6.07) is 25.6. The van der Waals surface area contributed by atoms with Crippen LogP contribution in [0.3, 0.4) is 0 Å². The molecule has 34 heavy (non-hydrogen) atoms. The first kappa shape index (κ1) is 21.7. The molecule has 1 aliphatic carbocycles. The number of nitrogens with one attached hydrogen (secondary N) is 1. The van der Waals surface area contributed by atoms with Crippen LogP contribution >= 0.6 is 0 Å². The molecule has 3 aromatic carbocycles. The third kappa shape index (κ3) is 4.80. The monoisotopic (exact) mass is 447 g/mol. The number of aryl methyl sites for hydroxylation is 2. The second-order valence-corrected chi connectivity index (χ2v) is 8.36. The molecule has 1 heterocycles. The van der Waals surface area contributed by atoms with Crippen LogP contribution in [0.5, 0.6) is 0 Å². The molecule has 5 rings (SSSR count). The molecule has 0 bridgehead atoms. The molecule has 1 amide bonds. The molecule has 1 aliphatic rings. The second-order valence-electron chi connectivity index (χ2n) is 8.36. The van der Waals surface area contributed by atoms with Crippen molar-refractivity contribution in [1.82, 2.24) is 9.97 Å². The predicted molar refractivity (Wildman–Crippen MR) is 135 cm³/mol.